The van der Waals surface area contributed by atoms with Crippen molar-refractivity contribution in [2.75, 3.05) is 20.8 Å². The lowest BCUT2D eigenvalue weighted by atomic mass is 9.97. The van der Waals surface area contributed by atoms with Crippen molar-refractivity contribution in [3.05, 3.63) is 52.8 Å². The van der Waals surface area contributed by atoms with Crippen LogP contribution in [0.1, 0.15) is 35.3 Å². The molecular formula is C20H23FO4. The minimum atomic E-state index is -0.680. The van der Waals surface area contributed by atoms with Gasteiger partial charge in [-0.25, -0.2) is 4.39 Å². The van der Waals surface area contributed by atoms with Crippen LogP contribution in [0.2, 0.25) is 0 Å². The average molecular weight is 346 g/mol. The number of ketones is 1. The van der Waals surface area contributed by atoms with E-state index in [4.69, 9.17) is 14.2 Å². The third kappa shape index (κ3) is 4.29. The fourth-order valence-corrected chi connectivity index (χ4v) is 2.44. The van der Waals surface area contributed by atoms with Gasteiger partial charge in [-0.2, -0.15) is 0 Å². The Labute approximate surface area is 147 Å². The lowest BCUT2D eigenvalue weighted by Crippen LogP contribution is -2.10. The molecule has 0 fully saturated rings. The minimum absolute atomic E-state index is 0.109. The maximum atomic E-state index is 14.4. The Bertz CT molecular complexity index is 769. The van der Waals surface area contributed by atoms with E-state index >= 15 is 0 Å². The lowest BCUT2D eigenvalue weighted by molar-refractivity contribution is 0.103. The second-order valence-corrected chi connectivity index (χ2v) is 6.20. The maximum Gasteiger partial charge on any atom is 0.199 e. The van der Waals surface area contributed by atoms with Crippen LogP contribution in [0.4, 0.5) is 4.39 Å². The summed E-state index contributed by atoms with van der Waals surface area (Å²) in [5, 5.41) is 0. The van der Waals surface area contributed by atoms with Gasteiger partial charge in [0, 0.05) is 17.7 Å². The quantitative estimate of drug-likeness (QED) is 0.696. The Balaban J connectivity index is 2.38. The van der Waals surface area contributed by atoms with Gasteiger partial charge in [-0.15, -0.1) is 0 Å². The van der Waals surface area contributed by atoms with E-state index in [9.17, 15) is 9.18 Å². The van der Waals surface area contributed by atoms with Gasteiger partial charge in [0.25, 0.3) is 0 Å². The molecule has 2 aromatic rings. The summed E-state index contributed by atoms with van der Waals surface area (Å²) >= 11 is 0. The van der Waals surface area contributed by atoms with Crippen LogP contribution in [-0.4, -0.2) is 26.6 Å². The number of aryl methyl sites for hydroxylation is 1. The number of hydrogen-bond acceptors (Lipinski definition) is 4. The molecule has 134 valence electrons. The van der Waals surface area contributed by atoms with Crippen LogP contribution in [0.15, 0.2) is 30.3 Å². The normalized spacial score (nSPS) is 10.7. The van der Waals surface area contributed by atoms with Gasteiger partial charge in [0.05, 0.1) is 20.8 Å². The average Bonchev–Trinajstić information content (AvgIpc) is 2.58. The first-order valence-corrected chi connectivity index (χ1v) is 8.07. The smallest absolute Gasteiger partial charge is 0.199 e. The maximum absolute atomic E-state index is 14.4. The highest BCUT2D eigenvalue weighted by Gasteiger charge is 2.22. The molecular weight excluding hydrogens is 323 g/mol. The Morgan fingerprint density at radius 1 is 1.08 bits per heavy atom. The predicted molar refractivity (Wildman–Crippen MR) is 94.4 cm³/mol. The summed E-state index contributed by atoms with van der Waals surface area (Å²) in [5.74, 6) is 0.399. The van der Waals surface area contributed by atoms with E-state index in [1.165, 1.54) is 26.4 Å². The Kier molecular flexibility index (Phi) is 6.02. The first-order chi connectivity index (χ1) is 11.9. The molecule has 2 aromatic carbocycles. The van der Waals surface area contributed by atoms with Crippen molar-refractivity contribution >= 4 is 5.78 Å². The Hall–Kier alpha value is -2.56. The molecule has 0 N–H and O–H groups in total. The van der Waals surface area contributed by atoms with E-state index in [0.29, 0.717) is 35.2 Å². The third-order valence-corrected chi connectivity index (χ3v) is 3.74. The highest BCUT2D eigenvalue weighted by molar-refractivity contribution is 6.12. The summed E-state index contributed by atoms with van der Waals surface area (Å²) in [4.78, 5) is 12.8. The molecule has 0 bridgehead atoms. The summed E-state index contributed by atoms with van der Waals surface area (Å²) in [6, 6.07) is 7.81. The zero-order valence-electron chi connectivity index (χ0n) is 15.2. The molecule has 0 amide bonds. The number of methoxy groups -OCH3 is 2. The van der Waals surface area contributed by atoms with Gasteiger partial charge in [-0.1, -0.05) is 13.8 Å². The van der Waals surface area contributed by atoms with Crippen LogP contribution in [0, 0.1) is 18.7 Å². The monoisotopic (exact) mass is 346 g/mol. The number of carbonyl (C=O) groups excluding carboxylic acids is 1. The van der Waals surface area contributed by atoms with E-state index in [0.717, 1.165) is 0 Å². The molecule has 4 nitrogen and oxygen atoms in total. The topological polar surface area (TPSA) is 44.8 Å². The summed E-state index contributed by atoms with van der Waals surface area (Å²) in [6.07, 6.45) is 0. The molecule has 0 saturated carbocycles. The van der Waals surface area contributed by atoms with Crippen molar-refractivity contribution in [3.8, 4) is 17.2 Å². The van der Waals surface area contributed by atoms with Gasteiger partial charge in [-0.3, -0.25) is 4.79 Å². The first-order valence-electron chi connectivity index (χ1n) is 8.07. The van der Waals surface area contributed by atoms with Crippen molar-refractivity contribution in [1.82, 2.24) is 0 Å². The summed E-state index contributed by atoms with van der Waals surface area (Å²) in [6.45, 7) is 6.50. The van der Waals surface area contributed by atoms with Gasteiger partial charge in [0.15, 0.2) is 5.78 Å². The number of carbonyl (C=O) groups is 1. The predicted octanol–water partition coefficient (Wildman–Crippen LogP) is 4.42. The van der Waals surface area contributed by atoms with E-state index in [1.54, 1.807) is 25.1 Å². The molecule has 0 heterocycles. The molecule has 0 aliphatic rings. The number of ether oxygens (including phenoxy) is 3. The molecule has 5 heteroatoms. The number of halogens is 1. The van der Waals surface area contributed by atoms with Gasteiger partial charge in [-0.05, 0) is 36.6 Å². The zero-order chi connectivity index (χ0) is 18.6. The first kappa shape index (κ1) is 18.8. The minimum Gasteiger partial charge on any atom is -0.497 e. The van der Waals surface area contributed by atoms with E-state index in [2.05, 4.69) is 13.8 Å². The summed E-state index contributed by atoms with van der Waals surface area (Å²) in [5.41, 5.74) is 1.00. The molecule has 0 aliphatic heterocycles. The van der Waals surface area contributed by atoms with Crippen molar-refractivity contribution in [2.24, 2.45) is 5.92 Å². The Morgan fingerprint density at radius 2 is 1.80 bits per heavy atom. The van der Waals surface area contributed by atoms with E-state index in [1.807, 2.05) is 0 Å². The van der Waals surface area contributed by atoms with Gasteiger partial charge in [0.2, 0.25) is 0 Å². The molecule has 0 saturated heterocycles. The fourth-order valence-electron chi connectivity index (χ4n) is 2.44. The third-order valence-electron chi connectivity index (χ3n) is 3.74. The largest absolute Gasteiger partial charge is 0.497 e. The fraction of sp³-hybridized carbons (Fsp3) is 0.350. The van der Waals surface area contributed by atoms with Crippen LogP contribution in [0.25, 0.3) is 0 Å². The Morgan fingerprint density at radius 3 is 2.36 bits per heavy atom. The standard InChI is InChI=1S/C20H23FO4/c1-12(2)11-25-14-6-7-16(13(3)8-14)20(22)19-17(21)9-15(23-4)10-18(19)24-5/h6-10,12H,11H2,1-5H3. The summed E-state index contributed by atoms with van der Waals surface area (Å²) < 4.78 is 30.3. The molecule has 2 rings (SSSR count). The van der Waals surface area contributed by atoms with E-state index in [-0.39, 0.29) is 11.3 Å². The second kappa shape index (κ2) is 8.01. The van der Waals surface area contributed by atoms with Crippen molar-refractivity contribution in [3.63, 3.8) is 0 Å². The second-order valence-electron chi connectivity index (χ2n) is 6.20. The number of hydrogen-bond donors (Lipinski definition) is 0. The molecule has 0 aliphatic carbocycles. The molecule has 0 spiro atoms. The van der Waals surface area contributed by atoms with Gasteiger partial charge < -0.3 is 14.2 Å². The van der Waals surface area contributed by atoms with Crippen molar-refractivity contribution in [2.45, 2.75) is 20.8 Å². The molecule has 0 atom stereocenters. The summed E-state index contributed by atoms with van der Waals surface area (Å²) in [7, 11) is 2.82. The lowest BCUT2D eigenvalue weighted by Gasteiger charge is -2.14. The van der Waals surface area contributed by atoms with Gasteiger partial charge in [0.1, 0.15) is 28.6 Å². The number of rotatable bonds is 7. The van der Waals surface area contributed by atoms with Gasteiger partial charge >= 0.3 is 0 Å². The molecule has 0 aromatic heterocycles. The molecule has 0 radical (unpaired) electrons. The van der Waals surface area contributed by atoms with Crippen LogP contribution in [-0.2, 0) is 0 Å². The van der Waals surface area contributed by atoms with Crippen LogP contribution >= 0.6 is 0 Å². The van der Waals surface area contributed by atoms with Crippen LogP contribution in [0.5, 0.6) is 17.2 Å². The molecule has 0 unspecified atom stereocenters. The SMILES string of the molecule is COc1cc(F)c(C(=O)c2ccc(OCC(C)C)cc2C)c(OC)c1. The van der Waals surface area contributed by atoms with Crippen LogP contribution < -0.4 is 14.2 Å². The zero-order valence-corrected chi connectivity index (χ0v) is 15.2. The highest BCUT2D eigenvalue weighted by atomic mass is 19.1. The molecule has 25 heavy (non-hydrogen) atoms. The number of benzene rings is 2. The van der Waals surface area contributed by atoms with Crippen LogP contribution in [0.3, 0.4) is 0 Å². The van der Waals surface area contributed by atoms with Crippen molar-refractivity contribution < 1.29 is 23.4 Å². The van der Waals surface area contributed by atoms with Crippen molar-refractivity contribution in [1.29, 1.82) is 0 Å². The highest BCUT2D eigenvalue weighted by Crippen LogP contribution is 2.31. The van der Waals surface area contributed by atoms with E-state index < -0.39 is 11.6 Å².